The van der Waals surface area contributed by atoms with Gasteiger partial charge in [0.25, 0.3) is 0 Å². The van der Waals surface area contributed by atoms with Gasteiger partial charge in [0.05, 0.1) is 16.6 Å². The molecule has 1 aliphatic heterocycles. The molecule has 0 spiro atoms. The molecule has 6 heteroatoms. The van der Waals surface area contributed by atoms with Crippen LogP contribution in [0.2, 0.25) is 5.02 Å². The van der Waals surface area contributed by atoms with E-state index in [1.807, 2.05) is 36.4 Å². The predicted molar refractivity (Wildman–Crippen MR) is 107 cm³/mol. The molecular weight excluding hydrogens is 399 g/mol. The van der Waals surface area contributed by atoms with E-state index in [1.54, 1.807) is 0 Å². The van der Waals surface area contributed by atoms with E-state index in [4.69, 9.17) is 16.3 Å². The molecule has 0 unspecified atom stereocenters. The van der Waals surface area contributed by atoms with Crippen LogP contribution < -0.4 is 4.74 Å². The zero-order valence-electron chi connectivity index (χ0n) is 15.4. The molecule has 0 saturated carbocycles. The molecule has 0 aliphatic carbocycles. The maximum Gasteiger partial charge on any atom is 0.416 e. The molecule has 0 aromatic heterocycles. The van der Waals surface area contributed by atoms with Crippen LogP contribution in [0.4, 0.5) is 13.2 Å². The highest BCUT2D eigenvalue weighted by Gasteiger charge is 2.36. The van der Waals surface area contributed by atoms with E-state index in [1.165, 1.54) is 6.07 Å². The first-order valence-electron chi connectivity index (χ1n) is 9.29. The van der Waals surface area contributed by atoms with Crippen LogP contribution in [0.25, 0.3) is 0 Å². The SMILES string of the molecule is FC(F)(F)c1ccc(Cl)c(OC2CN(C(c3ccccc3)c3ccccc3)C2)c1. The van der Waals surface area contributed by atoms with Crippen LogP contribution in [-0.2, 0) is 6.18 Å². The fraction of sp³-hybridized carbons (Fsp3) is 0.217. The van der Waals surface area contributed by atoms with Crippen molar-refractivity contribution >= 4 is 11.6 Å². The third-order valence-corrected chi connectivity index (χ3v) is 5.34. The van der Waals surface area contributed by atoms with Crippen molar-refractivity contribution < 1.29 is 17.9 Å². The van der Waals surface area contributed by atoms with E-state index >= 15 is 0 Å². The first-order chi connectivity index (χ1) is 13.9. The fourth-order valence-corrected chi connectivity index (χ4v) is 3.75. The summed E-state index contributed by atoms with van der Waals surface area (Å²) in [4.78, 5) is 2.25. The van der Waals surface area contributed by atoms with Gasteiger partial charge in [0.2, 0.25) is 0 Å². The lowest BCUT2D eigenvalue weighted by atomic mass is 9.94. The molecule has 150 valence electrons. The minimum atomic E-state index is -4.43. The summed E-state index contributed by atoms with van der Waals surface area (Å²) in [5.41, 5.74) is 1.56. The molecule has 29 heavy (non-hydrogen) atoms. The zero-order valence-corrected chi connectivity index (χ0v) is 16.2. The van der Waals surface area contributed by atoms with E-state index in [0.29, 0.717) is 13.1 Å². The monoisotopic (exact) mass is 417 g/mol. The van der Waals surface area contributed by atoms with Crippen molar-refractivity contribution in [3.63, 3.8) is 0 Å². The molecule has 0 atom stereocenters. The molecule has 3 aromatic rings. The van der Waals surface area contributed by atoms with Gasteiger partial charge >= 0.3 is 6.18 Å². The third-order valence-electron chi connectivity index (χ3n) is 5.02. The van der Waals surface area contributed by atoms with E-state index in [-0.39, 0.29) is 22.9 Å². The molecule has 0 amide bonds. The van der Waals surface area contributed by atoms with Gasteiger partial charge in [-0.2, -0.15) is 13.2 Å². The Morgan fingerprint density at radius 1 is 0.862 bits per heavy atom. The third kappa shape index (κ3) is 4.41. The number of rotatable bonds is 5. The minimum Gasteiger partial charge on any atom is -0.486 e. The average molecular weight is 418 g/mol. The Morgan fingerprint density at radius 2 is 1.41 bits per heavy atom. The summed E-state index contributed by atoms with van der Waals surface area (Å²) in [6.07, 6.45) is -4.65. The Labute approximate surface area is 172 Å². The highest BCUT2D eigenvalue weighted by molar-refractivity contribution is 6.32. The van der Waals surface area contributed by atoms with E-state index < -0.39 is 11.7 Å². The van der Waals surface area contributed by atoms with Gasteiger partial charge in [0, 0.05) is 13.1 Å². The van der Waals surface area contributed by atoms with Crippen LogP contribution in [0.5, 0.6) is 5.75 Å². The molecule has 1 heterocycles. The quantitative estimate of drug-likeness (QED) is 0.489. The lowest BCUT2D eigenvalue weighted by Crippen LogP contribution is -2.55. The summed E-state index contributed by atoms with van der Waals surface area (Å²) in [5, 5.41) is 0.180. The van der Waals surface area contributed by atoms with Crippen LogP contribution in [-0.4, -0.2) is 24.1 Å². The Kier molecular flexibility index (Phi) is 5.52. The van der Waals surface area contributed by atoms with Crippen molar-refractivity contribution in [2.75, 3.05) is 13.1 Å². The van der Waals surface area contributed by atoms with Gasteiger partial charge in [0.15, 0.2) is 0 Å². The second-order valence-electron chi connectivity index (χ2n) is 7.06. The second-order valence-corrected chi connectivity index (χ2v) is 7.47. The van der Waals surface area contributed by atoms with Gasteiger partial charge in [-0.3, -0.25) is 4.90 Å². The molecular formula is C23H19ClF3NO. The fourth-order valence-electron chi connectivity index (χ4n) is 3.59. The molecule has 1 fully saturated rings. The van der Waals surface area contributed by atoms with Crippen molar-refractivity contribution in [2.45, 2.75) is 18.3 Å². The largest absolute Gasteiger partial charge is 0.486 e. The van der Waals surface area contributed by atoms with Crippen molar-refractivity contribution in [3.8, 4) is 5.75 Å². The van der Waals surface area contributed by atoms with Crippen molar-refractivity contribution in [1.82, 2.24) is 4.90 Å². The number of hydrogen-bond donors (Lipinski definition) is 0. The number of alkyl halides is 3. The smallest absolute Gasteiger partial charge is 0.416 e. The molecule has 0 radical (unpaired) electrons. The first kappa shape index (κ1) is 19.8. The summed E-state index contributed by atoms with van der Waals surface area (Å²) in [5.74, 6) is 0.0714. The number of hydrogen-bond acceptors (Lipinski definition) is 2. The van der Waals surface area contributed by atoms with Gasteiger partial charge in [0.1, 0.15) is 11.9 Å². The summed E-state index contributed by atoms with van der Waals surface area (Å²) >= 11 is 6.06. The van der Waals surface area contributed by atoms with Crippen LogP contribution in [0.1, 0.15) is 22.7 Å². The van der Waals surface area contributed by atoms with Crippen molar-refractivity contribution in [3.05, 3.63) is 101 Å². The highest BCUT2D eigenvalue weighted by atomic mass is 35.5. The van der Waals surface area contributed by atoms with E-state index in [0.717, 1.165) is 23.3 Å². The maximum atomic E-state index is 13.0. The number of nitrogens with zero attached hydrogens (tertiary/aromatic N) is 1. The second kappa shape index (κ2) is 8.09. The number of likely N-dealkylation sites (tertiary alicyclic amines) is 1. The van der Waals surface area contributed by atoms with Gasteiger partial charge in [-0.1, -0.05) is 72.3 Å². The topological polar surface area (TPSA) is 12.5 Å². The Bertz CT molecular complexity index is 917. The Morgan fingerprint density at radius 3 is 1.93 bits per heavy atom. The number of benzene rings is 3. The van der Waals surface area contributed by atoms with Crippen molar-refractivity contribution in [2.24, 2.45) is 0 Å². The lowest BCUT2D eigenvalue weighted by Gasteiger charge is -2.44. The summed E-state index contributed by atoms with van der Waals surface area (Å²) in [7, 11) is 0. The van der Waals surface area contributed by atoms with E-state index in [2.05, 4.69) is 29.2 Å². The average Bonchev–Trinajstić information content (AvgIpc) is 2.68. The summed E-state index contributed by atoms with van der Waals surface area (Å²) < 4.78 is 44.7. The molecule has 1 saturated heterocycles. The minimum absolute atomic E-state index is 0.0641. The standard InChI is InChI=1S/C23H19ClF3NO/c24-20-12-11-18(23(25,26)27)13-21(20)29-19-14-28(15-19)22(16-7-3-1-4-8-16)17-9-5-2-6-10-17/h1-13,19,22H,14-15H2. The molecule has 0 bridgehead atoms. The van der Waals surface area contributed by atoms with Gasteiger partial charge in [-0.15, -0.1) is 0 Å². The van der Waals surface area contributed by atoms with Crippen LogP contribution in [0.15, 0.2) is 78.9 Å². The van der Waals surface area contributed by atoms with Crippen LogP contribution in [0, 0.1) is 0 Å². The van der Waals surface area contributed by atoms with Crippen LogP contribution in [0.3, 0.4) is 0 Å². The maximum absolute atomic E-state index is 13.0. The van der Waals surface area contributed by atoms with Gasteiger partial charge < -0.3 is 4.74 Å². The zero-order chi connectivity index (χ0) is 20.4. The van der Waals surface area contributed by atoms with Crippen molar-refractivity contribution in [1.29, 1.82) is 0 Å². The predicted octanol–water partition coefficient (Wildman–Crippen LogP) is 6.21. The lowest BCUT2D eigenvalue weighted by molar-refractivity contribution is -0.137. The summed E-state index contributed by atoms with van der Waals surface area (Å²) in [6.45, 7) is 1.20. The van der Waals surface area contributed by atoms with E-state index in [9.17, 15) is 13.2 Å². The highest BCUT2D eigenvalue weighted by Crippen LogP contribution is 2.37. The molecule has 0 N–H and O–H groups in total. The normalized spacial score (nSPS) is 15.3. The summed E-state index contributed by atoms with van der Waals surface area (Å²) in [6, 6.07) is 23.5. The number of halogens is 4. The number of ether oxygens (including phenoxy) is 1. The Balaban J connectivity index is 1.50. The van der Waals surface area contributed by atoms with Crippen LogP contribution >= 0.6 is 11.6 Å². The Hall–Kier alpha value is -2.50. The van der Waals surface area contributed by atoms with Gasteiger partial charge in [-0.05, 0) is 29.3 Å². The van der Waals surface area contributed by atoms with Gasteiger partial charge in [-0.25, -0.2) is 0 Å². The molecule has 4 rings (SSSR count). The molecule has 3 aromatic carbocycles. The molecule has 1 aliphatic rings. The molecule has 2 nitrogen and oxygen atoms in total. The first-order valence-corrected chi connectivity index (χ1v) is 9.67.